The second kappa shape index (κ2) is 8.73. The molecule has 7 nitrogen and oxygen atoms in total. The lowest BCUT2D eigenvalue weighted by Gasteiger charge is -2.32. The Morgan fingerprint density at radius 3 is 2.89 bits per heavy atom. The zero-order valence-corrected chi connectivity index (χ0v) is 16.6. The van der Waals surface area contributed by atoms with Gasteiger partial charge in [0.25, 0.3) is 11.6 Å². The fourth-order valence-electron chi connectivity index (χ4n) is 4.20. The molecule has 0 aromatic heterocycles. The lowest BCUT2D eigenvalue weighted by molar-refractivity contribution is -0.384. The van der Waals surface area contributed by atoms with Gasteiger partial charge < -0.3 is 15.0 Å². The largest absolute Gasteiger partial charge is 0.374 e. The maximum absolute atomic E-state index is 12.6. The molecule has 7 heteroatoms. The van der Waals surface area contributed by atoms with Gasteiger partial charge in [0.15, 0.2) is 0 Å². The van der Waals surface area contributed by atoms with Crippen LogP contribution in [0.5, 0.6) is 0 Å². The highest BCUT2D eigenvalue weighted by Gasteiger charge is 2.29. The predicted molar refractivity (Wildman–Crippen MR) is 109 cm³/mol. The molecule has 1 amide bonds. The second-order valence-corrected chi connectivity index (χ2v) is 8.05. The number of anilines is 1. The summed E-state index contributed by atoms with van der Waals surface area (Å²) in [7, 11) is 0. The number of piperidine rings is 1. The molecule has 3 atom stereocenters. The van der Waals surface area contributed by atoms with E-state index in [1.54, 1.807) is 12.1 Å². The molecule has 0 aliphatic carbocycles. The minimum absolute atomic E-state index is 0.00855. The van der Waals surface area contributed by atoms with Gasteiger partial charge in [-0.3, -0.25) is 14.9 Å². The number of ether oxygens (including phenoxy) is 1. The third-order valence-electron chi connectivity index (χ3n) is 5.66. The van der Waals surface area contributed by atoms with Gasteiger partial charge in [-0.2, -0.15) is 0 Å². The average molecular weight is 387 g/mol. The quantitative estimate of drug-likeness (QED) is 0.458. The SMILES string of the molecule is C=C(C)[C@@H]1OCC[C@H]1CNC(=O)c1ccc(N2CCC[C@H](C)C2)c([N+](=O)[O-])c1. The molecule has 2 saturated heterocycles. The molecule has 0 spiro atoms. The fourth-order valence-corrected chi connectivity index (χ4v) is 4.20. The molecule has 0 saturated carbocycles. The summed E-state index contributed by atoms with van der Waals surface area (Å²) in [5.41, 5.74) is 1.85. The molecule has 0 unspecified atom stereocenters. The zero-order chi connectivity index (χ0) is 20.3. The van der Waals surface area contributed by atoms with Gasteiger partial charge in [-0.05, 0) is 44.2 Å². The number of amides is 1. The number of carbonyl (C=O) groups is 1. The fraction of sp³-hybridized carbons (Fsp3) is 0.571. The van der Waals surface area contributed by atoms with E-state index in [4.69, 9.17) is 4.74 Å². The van der Waals surface area contributed by atoms with Crippen molar-refractivity contribution in [1.82, 2.24) is 5.32 Å². The molecule has 1 N–H and O–H groups in total. The lowest BCUT2D eigenvalue weighted by atomic mass is 9.96. The van der Waals surface area contributed by atoms with Crippen LogP contribution >= 0.6 is 0 Å². The first-order valence-electron chi connectivity index (χ1n) is 9.95. The molecule has 2 fully saturated rings. The maximum atomic E-state index is 12.6. The van der Waals surface area contributed by atoms with Gasteiger partial charge in [-0.25, -0.2) is 0 Å². The Bertz CT molecular complexity index is 764. The number of nitrogens with zero attached hydrogens (tertiary/aromatic N) is 2. The van der Waals surface area contributed by atoms with Crippen LogP contribution in [0.4, 0.5) is 11.4 Å². The average Bonchev–Trinajstić information content (AvgIpc) is 3.14. The minimum atomic E-state index is -0.396. The predicted octanol–water partition coefficient (Wildman–Crippen LogP) is 3.54. The highest BCUT2D eigenvalue weighted by molar-refractivity contribution is 5.95. The van der Waals surface area contributed by atoms with E-state index in [0.717, 1.165) is 37.9 Å². The Hall–Kier alpha value is -2.41. The summed E-state index contributed by atoms with van der Waals surface area (Å²) in [6.45, 7) is 10.8. The van der Waals surface area contributed by atoms with Crippen LogP contribution in [0.2, 0.25) is 0 Å². The normalized spacial score (nSPS) is 24.8. The highest BCUT2D eigenvalue weighted by Crippen LogP contribution is 2.32. The molecule has 2 aliphatic rings. The molecular weight excluding hydrogens is 358 g/mol. The zero-order valence-electron chi connectivity index (χ0n) is 16.6. The van der Waals surface area contributed by atoms with Gasteiger partial charge in [0.1, 0.15) is 5.69 Å². The summed E-state index contributed by atoms with van der Waals surface area (Å²) in [6.07, 6.45) is 2.98. The van der Waals surface area contributed by atoms with Crippen molar-refractivity contribution in [3.05, 3.63) is 46.0 Å². The van der Waals surface area contributed by atoms with Crippen LogP contribution in [0.3, 0.4) is 0 Å². The number of hydrogen-bond acceptors (Lipinski definition) is 5. The smallest absolute Gasteiger partial charge is 0.293 e. The summed E-state index contributed by atoms with van der Waals surface area (Å²) in [5, 5.41) is 14.5. The molecule has 0 radical (unpaired) electrons. The maximum Gasteiger partial charge on any atom is 0.293 e. The molecule has 2 heterocycles. The van der Waals surface area contributed by atoms with E-state index in [0.29, 0.717) is 30.3 Å². The first kappa shape index (κ1) is 20.3. The van der Waals surface area contributed by atoms with Crippen LogP contribution in [0.25, 0.3) is 0 Å². The number of nitrogens with one attached hydrogen (secondary N) is 1. The Kier molecular flexibility index (Phi) is 6.34. The van der Waals surface area contributed by atoms with E-state index in [-0.39, 0.29) is 23.6 Å². The standard InChI is InChI=1S/C21H29N3O4/c1-14(2)20-17(8-10-28-20)12-22-21(25)16-6-7-18(19(11-16)24(26)27)23-9-4-5-15(3)13-23/h6-7,11,15,17,20H,1,4-5,8-10,12-13H2,2-3H3,(H,22,25)/t15-,17-,20-/m0/s1. The summed E-state index contributed by atoms with van der Waals surface area (Å²) in [5.74, 6) is 0.394. The molecule has 3 rings (SSSR count). The van der Waals surface area contributed by atoms with Crippen molar-refractivity contribution in [2.45, 2.75) is 39.2 Å². The molecule has 2 aliphatic heterocycles. The van der Waals surface area contributed by atoms with E-state index < -0.39 is 4.92 Å². The van der Waals surface area contributed by atoms with Crippen LogP contribution in [0.15, 0.2) is 30.4 Å². The highest BCUT2D eigenvalue weighted by atomic mass is 16.6. The molecule has 28 heavy (non-hydrogen) atoms. The molecule has 152 valence electrons. The van der Waals surface area contributed by atoms with Gasteiger partial charge in [-0.1, -0.05) is 19.1 Å². The van der Waals surface area contributed by atoms with Crippen molar-refractivity contribution in [3.63, 3.8) is 0 Å². The van der Waals surface area contributed by atoms with Crippen LogP contribution in [-0.2, 0) is 4.74 Å². The lowest BCUT2D eigenvalue weighted by Crippen LogP contribution is -2.35. The van der Waals surface area contributed by atoms with E-state index in [1.165, 1.54) is 6.07 Å². The molecule has 0 bridgehead atoms. The Morgan fingerprint density at radius 1 is 1.43 bits per heavy atom. The molecular formula is C21H29N3O4. The van der Waals surface area contributed by atoms with E-state index >= 15 is 0 Å². The Labute approximate surface area is 165 Å². The first-order chi connectivity index (χ1) is 13.4. The summed E-state index contributed by atoms with van der Waals surface area (Å²) >= 11 is 0. The van der Waals surface area contributed by atoms with Gasteiger partial charge in [0, 0.05) is 43.8 Å². The van der Waals surface area contributed by atoms with Crippen molar-refractivity contribution in [3.8, 4) is 0 Å². The summed E-state index contributed by atoms with van der Waals surface area (Å²) < 4.78 is 5.66. The van der Waals surface area contributed by atoms with Gasteiger partial charge >= 0.3 is 0 Å². The van der Waals surface area contributed by atoms with Crippen LogP contribution in [-0.4, -0.2) is 43.2 Å². The topological polar surface area (TPSA) is 84.7 Å². The van der Waals surface area contributed by atoms with Gasteiger partial charge in [0.05, 0.1) is 11.0 Å². The van der Waals surface area contributed by atoms with E-state index in [1.807, 2.05) is 6.92 Å². The van der Waals surface area contributed by atoms with Gasteiger partial charge in [0.2, 0.25) is 0 Å². The minimum Gasteiger partial charge on any atom is -0.374 e. The van der Waals surface area contributed by atoms with Crippen molar-refractivity contribution in [1.29, 1.82) is 0 Å². The van der Waals surface area contributed by atoms with Crippen molar-refractivity contribution in [2.24, 2.45) is 11.8 Å². The Morgan fingerprint density at radius 2 is 2.21 bits per heavy atom. The summed E-state index contributed by atoms with van der Waals surface area (Å²) in [6, 6.07) is 4.78. The number of carbonyl (C=O) groups excluding carboxylic acids is 1. The first-order valence-corrected chi connectivity index (χ1v) is 9.95. The van der Waals surface area contributed by atoms with Crippen molar-refractivity contribution in [2.75, 3.05) is 31.1 Å². The van der Waals surface area contributed by atoms with Crippen LogP contribution < -0.4 is 10.2 Å². The number of rotatable bonds is 6. The third-order valence-corrected chi connectivity index (χ3v) is 5.66. The number of hydrogen-bond donors (Lipinski definition) is 1. The third kappa shape index (κ3) is 4.52. The number of nitro groups is 1. The summed E-state index contributed by atoms with van der Waals surface area (Å²) in [4.78, 5) is 25.9. The molecule has 1 aromatic rings. The van der Waals surface area contributed by atoms with Crippen molar-refractivity contribution >= 4 is 17.3 Å². The van der Waals surface area contributed by atoms with Gasteiger partial charge in [-0.15, -0.1) is 0 Å². The number of nitro benzene ring substituents is 1. The number of benzene rings is 1. The Balaban J connectivity index is 1.71. The second-order valence-electron chi connectivity index (χ2n) is 8.05. The molecule has 1 aromatic carbocycles. The van der Waals surface area contributed by atoms with Crippen LogP contribution in [0.1, 0.15) is 43.5 Å². The monoisotopic (exact) mass is 387 g/mol. The van der Waals surface area contributed by atoms with Crippen LogP contribution in [0, 0.1) is 22.0 Å². The van der Waals surface area contributed by atoms with Crippen molar-refractivity contribution < 1.29 is 14.5 Å². The van der Waals surface area contributed by atoms with E-state index in [2.05, 4.69) is 23.7 Å². The van der Waals surface area contributed by atoms with E-state index in [9.17, 15) is 14.9 Å².